The lowest BCUT2D eigenvalue weighted by Gasteiger charge is -2.04. The highest BCUT2D eigenvalue weighted by Crippen LogP contribution is 2.22. The van der Waals surface area contributed by atoms with Crippen LogP contribution in [0.15, 0.2) is 16.6 Å². The van der Waals surface area contributed by atoms with Crippen LogP contribution in [0.5, 0.6) is 0 Å². The third-order valence-corrected chi connectivity index (χ3v) is 3.11. The predicted octanol–water partition coefficient (Wildman–Crippen LogP) is 3.47. The fraction of sp³-hybridized carbons (Fsp3) is 0.222. The molecule has 70 valence electrons. The molecule has 1 rings (SSSR count). The predicted molar refractivity (Wildman–Crippen MR) is 57.0 cm³/mol. The lowest BCUT2D eigenvalue weighted by atomic mass is 10.1. The van der Waals surface area contributed by atoms with E-state index in [1.54, 1.807) is 13.0 Å². The standard InChI is InChI=1S/C9H7Br2FO/c1-5-7(11)3-2-6(9(5)12)8(13)4-10/h2-3H,4H2,1H3. The van der Waals surface area contributed by atoms with E-state index in [-0.39, 0.29) is 16.7 Å². The number of carbonyl (C=O) groups is 1. The molecule has 1 aromatic carbocycles. The van der Waals surface area contributed by atoms with Gasteiger partial charge in [-0.05, 0) is 24.6 Å². The van der Waals surface area contributed by atoms with Crippen molar-refractivity contribution in [1.29, 1.82) is 0 Å². The van der Waals surface area contributed by atoms with Gasteiger partial charge < -0.3 is 0 Å². The largest absolute Gasteiger partial charge is 0.293 e. The smallest absolute Gasteiger partial charge is 0.176 e. The van der Waals surface area contributed by atoms with Crippen molar-refractivity contribution < 1.29 is 9.18 Å². The molecule has 13 heavy (non-hydrogen) atoms. The summed E-state index contributed by atoms with van der Waals surface area (Å²) in [5, 5.41) is 0.144. The summed E-state index contributed by atoms with van der Waals surface area (Å²) >= 11 is 6.19. The van der Waals surface area contributed by atoms with Crippen molar-refractivity contribution >= 4 is 37.6 Å². The molecule has 0 atom stereocenters. The van der Waals surface area contributed by atoms with Gasteiger partial charge in [0.2, 0.25) is 0 Å². The number of Topliss-reactive ketones (excluding diaryl/α,β-unsaturated/α-hetero) is 1. The maximum Gasteiger partial charge on any atom is 0.176 e. The van der Waals surface area contributed by atoms with Crippen LogP contribution in [0.1, 0.15) is 15.9 Å². The number of hydrogen-bond donors (Lipinski definition) is 0. The zero-order chi connectivity index (χ0) is 10.0. The summed E-state index contributed by atoms with van der Waals surface area (Å²) in [5.41, 5.74) is 0.601. The Morgan fingerprint density at radius 1 is 1.54 bits per heavy atom. The number of ketones is 1. The van der Waals surface area contributed by atoms with Crippen LogP contribution in [0.2, 0.25) is 0 Å². The van der Waals surface area contributed by atoms with Gasteiger partial charge in [-0.1, -0.05) is 31.9 Å². The van der Waals surface area contributed by atoms with Gasteiger partial charge in [0.1, 0.15) is 5.82 Å². The molecule has 0 fully saturated rings. The molecule has 0 heterocycles. The van der Waals surface area contributed by atoms with E-state index < -0.39 is 5.82 Å². The number of benzene rings is 1. The lowest BCUT2D eigenvalue weighted by Crippen LogP contribution is -2.04. The van der Waals surface area contributed by atoms with Crippen LogP contribution < -0.4 is 0 Å². The van der Waals surface area contributed by atoms with Gasteiger partial charge in [0.05, 0.1) is 10.9 Å². The van der Waals surface area contributed by atoms with Crippen LogP contribution >= 0.6 is 31.9 Å². The Balaban J connectivity index is 3.26. The van der Waals surface area contributed by atoms with Gasteiger partial charge in [-0.25, -0.2) is 4.39 Å². The summed E-state index contributed by atoms with van der Waals surface area (Å²) in [4.78, 5) is 11.2. The molecule has 0 radical (unpaired) electrons. The summed E-state index contributed by atoms with van der Waals surface area (Å²) in [7, 11) is 0. The zero-order valence-electron chi connectivity index (χ0n) is 6.90. The topological polar surface area (TPSA) is 17.1 Å². The highest BCUT2D eigenvalue weighted by molar-refractivity contribution is 9.10. The highest BCUT2D eigenvalue weighted by atomic mass is 79.9. The molecule has 0 bridgehead atoms. The Kier molecular flexibility index (Phi) is 3.62. The van der Waals surface area contributed by atoms with E-state index in [0.29, 0.717) is 10.0 Å². The maximum absolute atomic E-state index is 13.4. The second-order valence-corrected chi connectivity index (χ2v) is 4.01. The Labute approximate surface area is 92.6 Å². The van der Waals surface area contributed by atoms with Gasteiger partial charge in [0, 0.05) is 4.47 Å². The number of halogens is 3. The SMILES string of the molecule is Cc1c(Br)ccc(C(=O)CBr)c1F. The molecule has 0 unspecified atom stereocenters. The second kappa shape index (κ2) is 4.33. The molecule has 0 aliphatic carbocycles. The van der Waals surface area contributed by atoms with Gasteiger partial charge in [-0.3, -0.25) is 4.79 Å². The van der Waals surface area contributed by atoms with E-state index in [0.717, 1.165) is 0 Å². The van der Waals surface area contributed by atoms with Crippen LogP contribution in [-0.4, -0.2) is 11.1 Å². The minimum Gasteiger partial charge on any atom is -0.293 e. The number of rotatable bonds is 2. The average molecular weight is 310 g/mol. The quantitative estimate of drug-likeness (QED) is 0.604. The van der Waals surface area contributed by atoms with Gasteiger partial charge in [-0.2, -0.15) is 0 Å². The first kappa shape index (κ1) is 10.9. The molecule has 0 saturated carbocycles. The van der Waals surface area contributed by atoms with Crippen molar-refractivity contribution in [1.82, 2.24) is 0 Å². The lowest BCUT2D eigenvalue weighted by molar-refractivity contribution is 0.102. The van der Waals surface area contributed by atoms with Crippen molar-refractivity contribution in [2.45, 2.75) is 6.92 Å². The van der Waals surface area contributed by atoms with Crippen molar-refractivity contribution in [3.8, 4) is 0 Å². The van der Waals surface area contributed by atoms with E-state index in [2.05, 4.69) is 31.9 Å². The zero-order valence-corrected chi connectivity index (χ0v) is 10.1. The minimum absolute atomic E-state index is 0.137. The average Bonchev–Trinajstić information content (AvgIpc) is 2.13. The summed E-state index contributed by atoms with van der Waals surface area (Å²) < 4.78 is 14.1. The van der Waals surface area contributed by atoms with Crippen molar-refractivity contribution in [2.75, 3.05) is 5.33 Å². The highest BCUT2D eigenvalue weighted by Gasteiger charge is 2.13. The van der Waals surface area contributed by atoms with E-state index in [4.69, 9.17) is 0 Å². The van der Waals surface area contributed by atoms with Crippen LogP contribution in [0, 0.1) is 12.7 Å². The molecule has 4 heteroatoms. The Hall–Kier alpha value is -0.220. The Morgan fingerprint density at radius 3 is 2.69 bits per heavy atom. The molecule has 0 amide bonds. The first-order chi connectivity index (χ1) is 6.07. The monoisotopic (exact) mass is 308 g/mol. The van der Waals surface area contributed by atoms with Crippen molar-refractivity contribution in [3.63, 3.8) is 0 Å². The van der Waals surface area contributed by atoms with Gasteiger partial charge in [0.25, 0.3) is 0 Å². The third kappa shape index (κ3) is 2.17. The van der Waals surface area contributed by atoms with Crippen LogP contribution in [0.25, 0.3) is 0 Å². The first-order valence-corrected chi connectivity index (χ1v) is 5.53. The molecule has 0 aromatic heterocycles. The van der Waals surface area contributed by atoms with E-state index in [1.165, 1.54) is 6.07 Å². The molecule has 1 aromatic rings. The molecule has 0 spiro atoms. The first-order valence-electron chi connectivity index (χ1n) is 3.61. The summed E-state index contributed by atoms with van der Waals surface area (Å²) in [6, 6.07) is 3.16. The molecule has 1 nitrogen and oxygen atoms in total. The van der Waals surface area contributed by atoms with E-state index in [9.17, 15) is 9.18 Å². The molecule has 0 aliphatic rings. The van der Waals surface area contributed by atoms with Crippen molar-refractivity contribution in [3.05, 3.63) is 33.5 Å². The second-order valence-electron chi connectivity index (χ2n) is 2.59. The van der Waals surface area contributed by atoms with E-state index >= 15 is 0 Å². The van der Waals surface area contributed by atoms with Crippen LogP contribution in [-0.2, 0) is 0 Å². The minimum atomic E-state index is -0.446. The molecule has 0 N–H and O–H groups in total. The Bertz CT molecular complexity index is 350. The molecular formula is C9H7Br2FO. The summed E-state index contributed by atoms with van der Waals surface area (Å²) in [6.07, 6.45) is 0. The molecule has 0 aliphatic heterocycles. The van der Waals surface area contributed by atoms with E-state index in [1.807, 2.05) is 0 Å². The normalized spacial score (nSPS) is 10.2. The fourth-order valence-corrected chi connectivity index (χ4v) is 1.56. The fourth-order valence-electron chi connectivity index (χ4n) is 0.949. The number of carbonyl (C=O) groups excluding carboxylic acids is 1. The Morgan fingerprint density at radius 2 is 2.15 bits per heavy atom. The molecule has 0 saturated heterocycles. The summed E-state index contributed by atoms with van der Waals surface area (Å²) in [6.45, 7) is 1.63. The van der Waals surface area contributed by atoms with Crippen molar-refractivity contribution in [2.24, 2.45) is 0 Å². The number of hydrogen-bond acceptors (Lipinski definition) is 1. The molecular weight excluding hydrogens is 303 g/mol. The summed E-state index contributed by atoms with van der Waals surface area (Å²) in [5.74, 6) is -0.688. The van der Waals surface area contributed by atoms with Crippen LogP contribution in [0.3, 0.4) is 0 Å². The maximum atomic E-state index is 13.4. The van der Waals surface area contributed by atoms with Gasteiger partial charge >= 0.3 is 0 Å². The van der Waals surface area contributed by atoms with Gasteiger partial charge in [-0.15, -0.1) is 0 Å². The number of alkyl halides is 1. The van der Waals surface area contributed by atoms with Gasteiger partial charge in [0.15, 0.2) is 5.78 Å². The van der Waals surface area contributed by atoms with Crippen LogP contribution in [0.4, 0.5) is 4.39 Å². The third-order valence-electron chi connectivity index (χ3n) is 1.74.